The highest BCUT2D eigenvalue weighted by Crippen LogP contribution is 2.22. The molecule has 3 aromatic carbocycles. The second-order valence-electron chi connectivity index (χ2n) is 9.40. The van der Waals surface area contributed by atoms with E-state index < -0.39 is 40.2 Å². The SMILES string of the molecule is CC[C@@H](C)NC(=O)[C@H](Cc1ccccc1)N(Cc1ccccc1)C(=O)CN(c1ccc(F)c(F)c1)S(C)(=O)=O. The van der Waals surface area contributed by atoms with Crippen LogP contribution < -0.4 is 9.62 Å². The molecule has 0 saturated carbocycles. The van der Waals surface area contributed by atoms with Gasteiger partial charge in [0.25, 0.3) is 0 Å². The van der Waals surface area contributed by atoms with Crippen LogP contribution in [0.4, 0.5) is 14.5 Å². The molecule has 0 radical (unpaired) electrons. The molecular weight excluding hydrogens is 524 g/mol. The predicted octanol–water partition coefficient (Wildman–Crippen LogP) is 4.29. The summed E-state index contributed by atoms with van der Waals surface area (Å²) in [5.74, 6) is -3.44. The number of hydrogen-bond acceptors (Lipinski definition) is 4. The maximum atomic E-state index is 14.0. The summed E-state index contributed by atoms with van der Waals surface area (Å²) >= 11 is 0. The maximum Gasteiger partial charge on any atom is 0.244 e. The topological polar surface area (TPSA) is 86.8 Å². The van der Waals surface area contributed by atoms with Crippen LogP contribution >= 0.6 is 0 Å². The number of nitrogens with zero attached hydrogens (tertiary/aromatic N) is 2. The second kappa shape index (κ2) is 13.3. The van der Waals surface area contributed by atoms with E-state index in [2.05, 4.69) is 5.32 Å². The van der Waals surface area contributed by atoms with E-state index in [0.717, 1.165) is 35.6 Å². The van der Waals surface area contributed by atoms with Gasteiger partial charge in [-0.25, -0.2) is 17.2 Å². The quantitative estimate of drug-likeness (QED) is 0.360. The third-order valence-corrected chi connectivity index (χ3v) is 7.48. The van der Waals surface area contributed by atoms with E-state index in [1.54, 1.807) is 24.3 Å². The van der Waals surface area contributed by atoms with Gasteiger partial charge in [0.15, 0.2) is 11.6 Å². The van der Waals surface area contributed by atoms with Crippen molar-refractivity contribution >= 4 is 27.5 Å². The highest BCUT2D eigenvalue weighted by Gasteiger charge is 2.33. The van der Waals surface area contributed by atoms with Crippen molar-refractivity contribution in [2.24, 2.45) is 0 Å². The lowest BCUT2D eigenvalue weighted by atomic mass is 10.0. The van der Waals surface area contributed by atoms with Crippen LogP contribution in [0.2, 0.25) is 0 Å². The minimum absolute atomic E-state index is 0.0283. The van der Waals surface area contributed by atoms with Gasteiger partial charge in [-0.1, -0.05) is 67.6 Å². The number of carbonyl (C=O) groups excluding carboxylic acids is 2. The van der Waals surface area contributed by atoms with Gasteiger partial charge in [-0.2, -0.15) is 0 Å². The fourth-order valence-electron chi connectivity index (χ4n) is 4.03. The standard InChI is InChI=1S/C29H33F2N3O4S/c1-4-21(2)32-29(36)27(17-22-11-7-5-8-12-22)33(19-23-13-9-6-10-14-23)28(35)20-34(39(3,37)38)24-15-16-25(30)26(31)18-24/h5-16,18,21,27H,4,17,19-20H2,1-3H3,(H,32,36)/t21-,27+/m1/s1. The van der Waals surface area contributed by atoms with Crippen molar-refractivity contribution in [2.75, 3.05) is 17.1 Å². The molecular formula is C29H33F2N3O4S. The van der Waals surface area contributed by atoms with Gasteiger partial charge in [0.1, 0.15) is 12.6 Å². The van der Waals surface area contributed by atoms with Gasteiger partial charge in [-0.15, -0.1) is 0 Å². The van der Waals surface area contributed by atoms with Crippen molar-refractivity contribution in [1.29, 1.82) is 0 Å². The first-order valence-electron chi connectivity index (χ1n) is 12.6. The molecule has 10 heteroatoms. The van der Waals surface area contributed by atoms with Gasteiger partial charge < -0.3 is 10.2 Å². The van der Waals surface area contributed by atoms with Crippen molar-refractivity contribution in [3.05, 3.63) is 102 Å². The lowest BCUT2D eigenvalue weighted by Gasteiger charge is -2.34. The number of rotatable bonds is 12. The first-order valence-corrected chi connectivity index (χ1v) is 14.4. The number of carbonyl (C=O) groups is 2. The van der Waals surface area contributed by atoms with Gasteiger partial charge in [-0.3, -0.25) is 13.9 Å². The molecule has 0 bridgehead atoms. The second-order valence-corrected chi connectivity index (χ2v) is 11.3. The summed E-state index contributed by atoms with van der Waals surface area (Å²) in [5, 5.41) is 2.94. The fourth-order valence-corrected chi connectivity index (χ4v) is 4.87. The Bertz CT molecular complexity index is 1370. The Kier molecular flexibility index (Phi) is 10.2. The van der Waals surface area contributed by atoms with Crippen molar-refractivity contribution in [1.82, 2.24) is 10.2 Å². The minimum atomic E-state index is -4.08. The highest BCUT2D eigenvalue weighted by atomic mass is 32.2. The Morgan fingerprint density at radius 1 is 0.897 bits per heavy atom. The monoisotopic (exact) mass is 557 g/mol. The Labute approximate surface area is 228 Å². The van der Waals surface area contributed by atoms with Crippen LogP contribution in [0.5, 0.6) is 0 Å². The smallest absolute Gasteiger partial charge is 0.244 e. The van der Waals surface area contributed by atoms with Crippen LogP contribution in [-0.2, 0) is 32.6 Å². The van der Waals surface area contributed by atoms with E-state index in [0.29, 0.717) is 10.7 Å². The Balaban J connectivity index is 2.05. The molecule has 0 saturated heterocycles. The number of sulfonamides is 1. The van der Waals surface area contributed by atoms with Gasteiger partial charge in [-0.05, 0) is 36.6 Å². The molecule has 0 spiro atoms. The molecule has 0 aliphatic heterocycles. The molecule has 1 N–H and O–H groups in total. The lowest BCUT2D eigenvalue weighted by molar-refractivity contribution is -0.140. The number of halogens is 2. The molecule has 0 aromatic heterocycles. The fraction of sp³-hybridized carbons (Fsp3) is 0.310. The third-order valence-electron chi connectivity index (χ3n) is 6.34. The normalized spacial score (nSPS) is 12.8. The Morgan fingerprint density at radius 3 is 2.03 bits per heavy atom. The van der Waals surface area contributed by atoms with Crippen LogP contribution in [0, 0.1) is 11.6 Å². The molecule has 0 fully saturated rings. The van der Waals surface area contributed by atoms with Gasteiger partial charge in [0.05, 0.1) is 11.9 Å². The summed E-state index contributed by atoms with van der Waals surface area (Å²) in [5.41, 5.74) is 1.35. The van der Waals surface area contributed by atoms with E-state index >= 15 is 0 Å². The van der Waals surface area contributed by atoms with Crippen molar-refractivity contribution < 1.29 is 26.8 Å². The van der Waals surface area contributed by atoms with Crippen LogP contribution in [0.3, 0.4) is 0 Å². The average molecular weight is 558 g/mol. The molecule has 0 heterocycles. The van der Waals surface area contributed by atoms with Crippen molar-refractivity contribution in [3.8, 4) is 0 Å². The lowest BCUT2D eigenvalue weighted by Crippen LogP contribution is -2.54. The molecule has 39 heavy (non-hydrogen) atoms. The van der Waals surface area contributed by atoms with Gasteiger partial charge in [0.2, 0.25) is 21.8 Å². The summed E-state index contributed by atoms with van der Waals surface area (Å²) in [6.07, 6.45) is 1.74. The summed E-state index contributed by atoms with van der Waals surface area (Å²) < 4.78 is 53.6. The van der Waals surface area contributed by atoms with Gasteiger partial charge >= 0.3 is 0 Å². The average Bonchev–Trinajstić information content (AvgIpc) is 2.91. The predicted molar refractivity (Wildman–Crippen MR) is 147 cm³/mol. The first-order chi connectivity index (χ1) is 18.5. The summed E-state index contributed by atoms with van der Waals surface area (Å²) in [6.45, 7) is 3.10. The molecule has 0 aliphatic carbocycles. The molecule has 0 aliphatic rings. The number of amides is 2. The van der Waals surface area contributed by atoms with Crippen LogP contribution in [0.25, 0.3) is 0 Å². The van der Waals surface area contributed by atoms with E-state index in [1.165, 1.54) is 4.90 Å². The minimum Gasteiger partial charge on any atom is -0.352 e. The number of nitrogens with one attached hydrogen (secondary N) is 1. The zero-order chi connectivity index (χ0) is 28.6. The number of benzene rings is 3. The van der Waals surface area contributed by atoms with Crippen molar-refractivity contribution in [2.45, 2.75) is 45.3 Å². The zero-order valence-corrected chi connectivity index (χ0v) is 23.0. The summed E-state index contributed by atoms with van der Waals surface area (Å²) in [7, 11) is -4.08. The number of hydrogen-bond donors (Lipinski definition) is 1. The molecule has 3 aromatic rings. The molecule has 2 atom stereocenters. The summed E-state index contributed by atoms with van der Waals surface area (Å²) in [6, 6.07) is 19.7. The number of anilines is 1. The van der Waals surface area contributed by atoms with E-state index in [9.17, 15) is 26.8 Å². The van der Waals surface area contributed by atoms with E-state index in [1.807, 2.05) is 50.2 Å². The maximum absolute atomic E-state index is 14.0. The van der Waals surface area contributed by atoms with E-state index in [-0.39, 0.29) is 30.6 Å². The molecule has 0 unspecified atom stereocenters. The summed E-state index contributed by atoms with van der Waals surface area (Å²) in [4.78, 5) is 28.8. The highest BCUT2D eigenvalue weighted by molar-refractivity contribution is 7.92. The molecule has 3 rings (SSSR count). The molecule has 2 amide bonds. The zero-order valence-electron chi connectivity index (χ0n) is 22.2. The van der Waals surface area contributed by atoms with Crippen molar-refractivity contribution in [3.63, 3.8) is 0 Å². The molecule has 7 nitrogen and oxygen atoms in total. The van der Waals surface area contributed by atoms with E-state index in [4.69, 9.17) is 0 Å². The first kappa shape index (κ1) is 29.8. The third kappa shape index (κ3) is 8.35. The Morgan fingerprint density at radius 2 is 1.49 bits per heavy atom. The van der Waals surface area contributed by atoms with Crippen LogP contribution in [0.1, 0.15) is 31.4 Å². The Hall–Kier alpha value is -3.79. The van der Waals surface area contributed by atoms with Crippen LogP contribution in [0.15, 0.2) is 78.9 Å². The van der Waals surface area contributed by atoms with Crippen LogP contribution in [-0.4, -0.2) is 50.0 Å². The van der Waals surface area contributed by atoms with Gasteiger partial charge in [0, 0.05) is 25.1 Å². The largest absolute Gasteiger partial charge is 0.352 e. The molecule has 208 valence electrons.